The maximum absolute atomic E-state index is 12.0. The largest absolute Gasteiger partial charge is 0.480 e. The van der Waals surface area contributed by atoms with Gasteiger partial charge in [-0.3, -0.25) is 18.6 Å². The number of carbonyl (C=O) groups excluding carboxylic acids is 2. The number of ether oxygens (including phenoxy) is 1. The molecule has 0 radical (unpaired) electrons. The third-order valence-electron chi connectivity index (χ3n) is 4.87. The summed E-state index contributed by atoms with van der Waals surface area (Å²) in [4.78, 5) is 44.3. The van der Waals surface area contributed by atoms with E-state index in [1.165, 1.54) is 32.1 Å². The summed E-state index contributed by atoms with van der Waals surface area (Å²) in [7, 11) is -4.70. The number of hydrogen-bond acceptors (Lipinski definition) is 8. The molecule has 4 N–H and O–H groups in total. The summed E-state index contributed by atoms with van der Waals surface area (Å²) in [5.74, 6) is -2.44. The lowest BCUT2D eigenvalue weighted by Crippen LogP contribution is -2.43. The van der Waals surface area contributed by atoms with Crippen molar-refractivity contribution >= 4 is 25.7 Å². The van der Waals surface area contributed by atoms with Gasteiger partial charge in [0.25, 0.3) is 0 Å². The Balaban J connectivity index is 4.16. The van der Waals surface area contributed by atoms with Crippen molar-refractivity contribution in [1.29, 1.82) is 0 Å². The third kappa shape index (κ3) is 18.9. The summed E-state index contributed by atoms with van der Waals surface area (Å²) >= 11 is 0. The van der Waals surface area contributed by atoms with Crippen molar-refractivity contribution in [3.8, 4) is 0 Å². The Hall–Kier alpha value is -1.52. The van der Waals surface area contributed by atoms with Gasteiger partial charge in [0, 0.05) is 12.8 Å². The molecule has 0 aromatic rings. The quantitative estimate of drug-likeness (QED) is 0.0961. The first-order chi connectivity index (χ1) is 16.1. The highest BCUT2D eigenvalue weighted by molar-refractivity contribution is 7.47. The zero-order valence-corrected chi connectivity index (χ0v) is 21.3. The van der Waals surface area contributed by atoms with Crippen molar-refractivity contribution in [3.05, 3.63) is 0 Å². The van der Waals surface area contributed by atoms with Gasteiger partial charge in [0.15, 0.2) is 6.04 Å². The topological polar surface area (TPSA) is 169 Å². The van der Waals surface area contributed by atoms with Crippen molar-refractivity contribution in [1.82, 2.24) is 5.32 Å². The first-order valence-electron chi connectivity index (χ1n) is 12.1. The molecule has 12 heteroatoms. The molecule has 3 atom stereocenters. The number of aliphatic hydroxyl groups is 1. The number of aliphatic carboxylic acids is 1. The fourth-order valence-electron chi connectivity index (χ4n) is 2.94. The fraction of sp³-hybridized carbons (Fsp3) is 0.864. The zero-order chi connectivity index (χ0) is 25.8. The first-order valence-corrected chi connectivity index (χ1v) is 13.6. The van der Waals surface area contributed by atoms with Gasteiger partial charge >= 0.3 is 19.8 Å². The van der Waals surface area contributed by atoms with Crippen LogP contribution >= 0.6 is 7.82 Å². The van der Waals surface area contributed by atoms with Crippen molar-refractivity contribution < 1.29 is 47.8 Å². The van der Waals surface area contributed by atoms with Gasteiger partial charge in [-0.2, -0.15) is 0 Å². The number of amides is 1. The minimum Gasteiger partial charge on any atom is -0.480 e. The highest BCUT2D eigenvalue weighted by Crippen LogP contribution is 2.43. The average Bonchev–Trinajstić information content (AvgIpc) is 2.78. The summed E-state index contributed by atoms with van der Waals surface area (Å²) in [6.07, 6.45) is 9.26. The van der Waals surface area contributed by atoms with Crippen molar-refractivity contribution in [2.45, 2.75) is 103 Å². The molecule has 200 valence electrons. The van der Waals surface area contributed by atoms with Crippen molar-refractivity contribution in [2.75, 3.05) is 19.8 Å². The highest BCUT2D eigenvalue weighted by atomic mass is 31.2. The van der Waals surface area contributed by atoms with E-state index in [9.17, 15) is 34.1 Å². The third-order valence-corrected chi connectivity index (χ3v) is 5.82. The monoisotopic (exact) mass is 511 g/mol. The zero-order valence-electron chi connectivity index (χ0n) is 20.4. The second kappa shape index (κ2) is 19.8. The summed E-state index contributed by atoms with van der Waals surface area (Å²) in [6.45, 7) is 2.06. The lowest BCUT2D eigenvalue weighted by molar-refractivity contribution is -0.147. The Labute approximate surface area is 202 Å². The van der Waals surface area contributed by atoms with Crippen LogP contribution in [0.3, 0.4) is 0 Å². The normalized spacial score (nSPS) is 14.7. The van der Waals surface area contributed by atoms with Crippen molar-refractivity contribution in [2.24, 2.45) is 0 Å². The van der Waals surface area contributed by atoms with E-state index in [2.05, 4.69) is 21.3 Å². The van der Waals surface area contributed by atoms with E-state index in [1.54, 1.807) is 6.92 Å². The molecule has 3 unspecified atom stereocenters. The number of carbonyl (C=O) groups is 3. The molecular weight excluding hydrogens is 469 g/mol. The van der Waals surface area contributed by atoms with Gasteiger partial charge in [0.2, 0.25) is 5.91 Å². The molecule has 0 heterocycles. The number of phosphoric ester groups is 1. The number of hydrogen-bond donors (Lipinski definition) is 4. The molecule has 0 fully saturated rings. The number of nitrogens with one attached hydrogen (secondary N) is 1. The molecule has 0 aliphatic heterocycles. The van der Waals surface area contributed by atoms with E-state index < -0.39 is 57.6 Å². The molecule has 0 spiro atoms. The van der Waals surface area contributed by atoms with Crippen LogP contribution in [0.15, 0.2) is 0 Å². The maximum Gasteiger partial charge on any atom is 0.472 e. The molecule has 0 aromatic heterocycles. The smallest absolute Gasteiger partial charge is 0.472 e. The average molecular weight is 512 g/mol. The molecule has 34 heavy (non-hydrogen) atoms. The van der Waals surface area contributed by atoms with Gasteiger partial charge < -0.3 is 25.2 Å². The van der Waals surface area contributed by atoms with Crippen LogP contribution in [0, 0.1) is 0 Å². The van der Waals surface area contributed by atoms with E-state index in [4.69, 9.17) is 4.74 Å². The summed E-state index contributed by atoms with van der Waals surface area (Å²) in [5.41, 5.74) is 0. The Kier molecular flexibility index (Phi) is 18.9. The molecule has 0 aliphatic carbocycles. The molecule has 0 saturated heterocycles. The van der Waals surface area contributed by atoms with Crippen LogP contribution in [0.2, 0.25) is 0 Å². The molecule has 0 aliphatic rings. The lowest BCUT2D eigenvalue weighted by atomic mass is 10.1. The molecule has 1 amide bonds. The molecule has 11 nitrogen and oxygen atoms in total. The van der Waals surface area contributed by atoms with E-state index >= 15 is 0 Å². The molecule has 0 rings (SSSR count). The Bertz CT molecular complexity index is 631. The molecule has 0 saturated carbocycles. The van der Waals surface area contributed by atoms with E-state index in [-0.39, 0.29) is 12.8 Å². The highest BCUT2D eigenvalue weighted by Gasteiger charge is 2.28. The first kappa shape index (κ1) is 32.5. The van der Waals surface area contributed by atoms with Crippen LogP contribution in [-0.2, 0) is 32.7 Å². The van der Waals surface area contributed by atoms with Gasteiger partial charge in [0.05, 0.1) is 13.2 Å². The van der Waals surface area contributed by atoms with E-state index in [0.717, 1.165) is 19.3 Å². The van der Waals surface area contributed by atoms with Crippen LogP contribution < -0.4 is 5.32 Å². The number of unbranched alkanes of at least 4 members (excludes halogenated alkanes) is 8. The van der Waals surface area contributed by atoms with Crippen LogP contribution in [0.5, 0.6) is 0 Å². The fourth-order valence-corrected chi connectivity index (χ4v) is 3.71. The number of rotatable bonds is 22. The summed E-state index contributed by atoms with van der Waals surface area (Å²) in [6, 6.07) is -1.53. The molecule has 0 aromatic carbocycles. The summed E-state index contributed by atoms with van der Waals surface area (Å²) in [5, 5.41) is 21.2. The van der Waals surface area contributed by atoms with Crippen LogP contribution in [0.25, 0.3) is 0 Å². The van der Waals surface area contributed by atoms with Crippen molar-refractivity contribution in [3.63, 3.8) is 0 Å². The van der Waals surface area contributed by atoms with E-state index in [0.29, 0.717) is 12.8 Å². The van der Waals surface area contributed by atoms with Gasteiger partial charge in [0.1, 0.15) is 12.7 Å². The number of carboxylic acids is 1. The van der Waals surface area contributed by atoms with Gasteiger partial charge in [-0.1, -0.05) is 65.2 Å². The molecule has 0 bridgehead atoms. The minimum absolute atomic E-state index is 0.149. The van der Waals surface area contributed by atoms with Crippen LogP contribution in [0.4, 0.5) is 0 Å². The predicted molar refractivity (Wildman–Crippen MR) is 125 cm³/mol. The standard InChI is InChI=1S/C22H42NO10P/c1-3-5-6-7-8-9-10-11-12-14-20(25)23-19(22(27)28)17-33-34(29,30)32-16-18(24)15-31-21(26)13-4-2/h18-19,24H,3-17H2,1-2H3,(H,23,25)(H,27,28)(H,29,30). The SMILES string of the molecule is CCCCCCCCCCCC(=O)NC(COP(=O)(O)OCC(O)COC(=O)CCC)C(=O)O. The number of esters is 1. The summed E-state index contributed by atoms with van der Waals surface area (Å²) < 4.78 is 25.9. The number of phosphoric acid groups is 1. The Morgan fingerprint density at radius 2 is 1.38 bits per heavy atom. The van der Waals surface area contributed by atoms with Crippen LogP contribution in [-0.4, -0.2) is 64.9 Å². The second-order valence-corrected chi connectivity index (χ2v) is 9.64. The Morgan fingerprint density at radius 3 is 1.94 bits per heavy atom. The van der Waals surface area contributed by atoms with Gasteiger partial charge in [-0.15, -0.1) is 0 Å². The van der Waals surface area contributed by atoms with Gasteiger partial charge in [-0.25, -0.2) is 9.36 Å². The second-order valence-electron chi connectivity index (χ2n) is 8.18. The van der Waals surface area contributed by atoms with Gasteiger partial charge in [-0.05, 0) is 12.8 Å². The Morgan fingerprint density at radius 1 is 0.824 bits per heavy atom. The van der Waals surface area contributed by atoms with Crippen LogP contribution in [0.1, 0.15) is 90.9 Å². The predicted octanol–water partition coefficient (Wildman–Crippen LogP) is 3.31. The number of carboxylic acid groups (broad SMARTS) is 1. The minimum atomic E-state index is -4.70. The maximum atomic E-state index is 12.0. The lowest BCUT2D eigenvalue weighted by Gasteiger charge is -2.18. The number of aliphatic hydroxyl groups excluding tert-OH is 1. The van der Waals surface area contributed by atoms with E-state index in [1.807, 2.05) is 0 Å². The molecular formula is C22H42NO10P.